The van der Waals surface area contributed by atoms with E-state index in [1.54, 1.807) is 11.8 Å². The molecule has 2 amide bonds. The molecule has 2 aliphatic heterocycles. The third kappa shape index (κ3) is 3.81. The molecule has 0 atom stereocenters. The van der Waals surface area contributed by atoms with Gasteiger partial charge in [0.1, 0.15) is 0 Å². The van der Waals surface area contributed by atoms with Crippen molar-refractivity contribution >= 4 is 29.3 Å². The Hall–Kier alpha value is -2.27. The largest absolute Gasteiger partial charge is 0.342 e. The van der Waals surface area contributed by atoms with Gasteiger partial charge in [0.05, 0.1) is 10.6 Å². The minimum Gasteiger partial charge on any atom is -0.342 e. The van der Waals surface area contributed by atoms with Crippen LogP contribution in [0.4, 0.5) is 5.69 Å². The molecule has 0 unspecified atom stereocenters. The second kappa shape index (κ2) is 8.00. The molecule has 2 fully saturated rings. The van der Waals surface area contributed by atoms with Crippen molar-refractivity contribution in [1.82, 2.24) is 4.90 Å². The fraction of sp³-hybridized carbons (Fsp3) is 0.391. The summed E-state index contributed by atoms with van der Waals surface area (Å²) in [5, 5.41) is 0. The molecule has 2 aromatic rings. The van der Waals surface area contributed by atoms with E-state index >= 15 is 0 Å². The van der Waals surface area contributed by atoms with Gasteiger partial charge in [-0.3, -0.25) is 14.5 Å². The maximum absolute atomic E-state index is 12.7. The lowest BCUT2D eigenvalue weighted by molar-refractivity contribution is -0.132. The molecule has 0 aromatic heterocycles. The molecule has 4 rings (SSSR count). The Balaban J connectivity index is 1.40. The summed E-state index contributed by atoms with van der Waals surface area (Å²) in [6, 6.07) is 18.4. The van der Waals surface area contributed by atoms with E-state index in [1.807, 2.05) is 40.1 Å². The molecule has 2 heterocycles. The number of nitrogens with zero attached hydrogens (tertiary/aromatic N) is 2. The van der Waals surface area contributed by atoms with Gasteiger partial charge < -0.3 is 4.90 Å². The highest BCUT2D eigenvalue weighted by molar-refractivity contribution is 8.02. The Bertz CT molecular complexity index is 843. The number of carbonyl (C=O) groups excluding carboxylic acids is 2. The zero-order valence-corrected chi connectivity index (χ0v) is 17.1. The standard InChI is InChI=1S/C23H26N2O2S/c1-18-7-10-20(11-8-18)25-22(27)17-28-23(25)13-15-24(16-14-23)21(26)12-9-19-5-3-2-4-6-19/h2-8,10-11H,9,12-17H2,1H3. The van der Waals surface area contributed by atoms with Gasteiger partial charge >= 0.3 is 0 Å². The fourth-order valence-electron chi connectivity index (χ4n) is 4.15. The van der Waals surface area contributed by atoms with Crippen LogP contribution in [0.2, 0.25) is 0 Å². The van der Waals surface area contributed by atoms with Crippen LogP contribution in [0.1, 0.15) is 30.4 Å². The first-order valence-corrected chi connectivity index (χ1v) is 10.9. The number of carbonyl (C=O) groups is 2. The van der Waals surface area contributed by atoms with Crippen LogP contribution in [0.5, 0.6) is 0 Å². The van der Waals surface area contributed by atoms with Gasteiger partial charge in [-0.05, 0) is 43.9 Å². The molecule has 2 saturated heterocycles. The lowest BCUT2D eigenvalue weighted by Gasteiger charge is -2.44. The molecular formula is C23H26N2O2S. The van der Waals surface area contributed by atoms with E-state index in [1.165, 1.54) is 11.1 Å². The first kappa shape index (κ1) is 19.1. The van der Waals surface area contributed by atoms with E-state index in [-0.39, 0.29) is 16.7 Å². The van der Waals surface area contributed by atoms with Gasteiger partial charge in [0, 0.05) is 25.2 Å². The first-order chi connectivity index (χ1) is 13.6. The number of hydrogen-bond donors (Lipinski definition) is 0. The maximum atomic E-state index is 12.7. The number of aryl methyl sites for hydroxylation is 2. The van der Waals surface area contributed by atoms with E-state index in [2.05, 4.69) is 31.2 Å². The molecule has 0 aliphatic carbocycles. The topological polar surface area (TPSA) is 40.6 Å². The third-order valence-corrected chi connectivity index (χ3v) is 7.30. The Morgan fingerprint density at radius 3 is 2.39 bits per heavy atom. The highest BCUT2D eigenvalue weighted by Crippen LogP contribution is 2.46. The van der Waals surface area contributed by atoms with Gasteiger partial charge in [-0.1, -0.05) is 48.0 Å². The average molecular weight is 395 g/mol. The summed E-state index contributed by atoms with van der Waals surface area (Å²) in [5.74, 6) is 0.920. The lowest BCUT2D eigenvalue weighted by Crippen LogP contribution is -2.53. The highest BCUT2D eigenvalue weighted by Gasteiger charge is 2.48. The first-order valence-electron chi connectivity index (χ1n) is 9.93. The van der Waals surface area contributed by atoms with E-state index in [0.717, 1.165) is 38.0 Å². The second-order valence-electron chi connectivity index (χ2n) is 7.67. The molecule has 146 valence electrons. The van der Waals surface area contributed by atoms with Crippen molar-refractivity contribution in [2.24, 2.45) is 0 Å². The molecule has 1 spiro atoms. The Morgan fingerprint density at radius 1 is 1.04 bits per heavy atom. The summed E-state index contributed by atoms with van der Waals surface area (Å²) < 4.78 is 0. The highest BCUT2D eigenvalue weighted by atomic mass is 32.2. The smallest absolute Gasteiger partial charge is 0.238 e. The summed E-state index contributed by atoms with van der Waals surface area (Å²) in [6.07, 6.45) is 2.98. The average Bonchev–Trinajstić information content (AvgIpc) is 3.04. The van der Waals surface area contributed by atoms with E-state index < -0.39 is 0 Å². The van der Waals surface area contributed by atoms with E-state index in [4.69, 9.17) is 0 Å². The number of thioether (sulfide) groups is 1. The van der Waals surface area contributed by atoms with Crippen molar-refractivity contribution < 1.29 is 9.59 Å². The molecule has 0 radical (unpaired) electrons. The molecule has 0 saturated carbocycles. The zero-order chi connectivity index (χ0) is 19.6. The van der Waals surface area contributed by atoms with Gasteiger partial charge in [-0.2, -0.15) is 0 Å². The number of benzene rings is 2. The molecule has 0 bridgehead atoms. The minimum absolute atomic E-state index is 0.178. The third-order valence-electron chi connectivity index (χ3n) is 5.78. The van der Waals surface area contributed by atoms with Crippen molar-refractivity contribution in [2.75, 3.05) is 23.7 Å². The van der Waals surface area contributed by atoms with Crippen LogP contribution in [0.15, 0.2) is 54.6 Å². The lowest BCUT2D eigenvalue weighted by atomic mass is 10.00. The van der Waals surface area contributed by atoms with Crippen molar-refractivity contribution in [3.05, 3.63) is 65.7 Å². The number of rotatable bonds is 4. The molecule has 5 heteroatoms. The molecule has 0 N–H and O–H groups in total. The van der Waals surface area contributed by atoms with Gasteiger partial charge in [-0.15, -0.1) is 11.8 Å². The second-order valence-corrected chi connectivity index (χ2v) is 9.00. The summed E-state index contributed by atoms with van der Waals surface area (Å²) in [7, 11) is 0. The SMILES string of the molecule is Cc1ccc(N2C(=O)CSC23CCN(C(=O)CCc2ccccc2)CC3)cc1. The minimum atomic E-state index is -0.206. The van der Waals surface area contributed by atoms with Crippen molar-refractivity contribution in [1.29, 1.82) is 0 Å². The molecule has 2 aromatic carbocycles. The predicted molar refractivity (Wildman–Crippen MR) is 114 cm³/mol. The summed E-state index contributed by atoms with van der Waals surface area (Å²) >= 11 is 1.74. The molecule has 28 heavy (non-hydrogen) atoms. The number of anilines is 1. The number of amides is 2. The van der Waals surface area contributed by atoms with Crippen molar-refractivity contribution in [3.8, 4) is 0 Å². The van der Waals surface area contributed by atoms with Crippen LogP contribution in [0.25, 0.3) is 0 Å². The van der Waals surface area contributed by atoms with Crippen LogP contribution in [-0.2, 0) is 16.0 Å². The van der Waals surface area contributed by atoms with Crippen LogP contribution in [-0.4, -0.2) is 40.4 Å². The van der Waals surface area contributed by atoms with Crippen LogP contribution in [0.3, 0.4) is 0 Å². The number of piperidine rings is 1. The van der Waals surface area contributed by atoms with Gasteiger partial charge in [0.2, 0.25) is 11.8 Å². The van der Waals surface area contributed by atoms with Crippen LogP contribution >= 0.6 is 11.8 Å². The molecule has 2 aliphatic rings. The molecule has 4 nitrogen and oxygen atoms in total. The van der Waals surface area contributed by atoms with Gasteiger partial charge in [0.15, 0.2) is 0 Å². The number of hydrogen-bond acceptors (Lipinski definition) is 3. The van der Waals surface area contributed by atoms with Crippen molar-refractivity contribution in [3.63, 3.8) is 0 Å². The quantitative estimate of drug-likeness (QED) is 0.786. The molecular weight excluding hydrogens is 368 g/mol. The van der Waals surface area contributed by atoms with Crippen molar-refractivity contribution in [2.45, 2.75) is 37.5 Å². The number of likely N-dealkylation sites (tertiary alicyclic amines) is 1. The normalized spacial score (nSPS) is 18.7. The Kier molecular flexibility index (Phi) is 5.44. The van der Waals surface area contributed by atoms with E-state index in [0.29, 0.717) is 12.2 Å². The van der Waals surface area contributed by atoms with E-state index in [9.17, 15) is 9.59 Å². The summed E-state index contributed by atoms with van der Waals surface area (Å²) in [6.45, 7) is 3.49. The Labute approximate surface area is 170 Å². The van der Waals surface area contributed by atoms with Gasteiger partial charge in [0.25, 0.3) is 0 Å². The zero-order valence-electron chi connectivity index (χ0n) is 16.3. The van der Waals surface area contributed by atoms with Crippen LogP contribution < -0.4 is 4.90 Å². The monoisotopic (exact) mass is 394 g/mol. The Morgan fingerprint density at radius 2 is 1.71 bits per heavy atom. The fourth-order valence-corrected chi connectivity index (χ4v) is 5.48. The summed E-state index contributed by atoms with van der Waals surface area (Å²) in [5.41, 5.74) is 3.37. The predicted octanol–water partition coefficient (Wildman–Crippen LogP) is 4.03. The van der Waals surface area contributed by atoms with Crippen LogP contribution in [0, 0.1) is 6.92 Å². The van der Waals surface area contributed by atoms with Gasteiger partial charge in [-0.25, -0.2) is 0 Å². The maximum Gasteiger partial charge on any atom is 0.238 e. The summed E-state index contributed by atoms with van der Waals surface area (Å²) in [4.78, 5) is 29.1.